The number of nitrogens with one attached hydrogen (secondary N) is 1. The van der Waals surface area contributed by atoms with E-state index in [2.05, 4.69) is 15.3 Å². The van der Waals surface area contributed by atoms with Crippen molar-refractivity contribution in [2.24, 2.45) is 5.11 Å². The van der Waals surface area contributed by atoms with E-state index in [9.17, 15) is 9.90 Å². The van der Waals surface area contributed by atoms with Crippen molar-refractivity contribution in [2.75, 3.05) is 20.2 Å². The lowest BCUT2D eigenvalue weighted by Crippen LogP contribution is -2.54. The van der Waals surface area contributed by atoms with Crippen molar-refractivity contribution in [1.29, 1.82) is 0 Å². The Bertz CT molecular complexity index is 326. The van der Waals surface area contributed by atoms with Crippen LogP contribution in [0.5, 0.6) is 0 Å². The Morgan fingerprint density at radius 2 is 2.11 bits per heavy atom. The molecule has 0 aliphatic carbocycles. The van der Waals surface area contributed by atoms with Crippen molar-refractivity contribution < 1.29 is 14.6 Å². The van der Waals surface area contributed by atoms with E-state index in [0.29, 0.717) is 25.9 Å². The smallest absolute Gasteiger partial charge is 0.323 e. The van der Waals surface area contributed by atoms with Gasteiger partial charge >= 0.3 is 5.97 Å². The minimum atomic E-state index is -1.06. The van der Waals surface area contributed by atoms with Crippen molar-refractivity contribution in [3.05, 3.63) is 10.4 Å². The first-order chi connectivity index (χ1) is 8.27. The highest BCUT2D eigenvalue weighted by Crippen LogP contribution is 2.23. The molecule has 7 nitrogen and oxygen atoms in total. The van der Waals surface area contributed by atoms with Crippen LogP contribution in [0.1, 0.15) is 33.6 Å². The van der Waals surface area contributed by atoms with Crippen molar-refractivity contribution in [1.82, 2.24) is 5.32 Å². The lowest BCUT2D eigenvalue weighted by molar-refractivity contribution is -0.147. The molecule has 0 rings (SSSR count). The van der Waals surface area contributed by atoms with Crippen LogP contribution in [0.2, 0.25) is 0 Å². The van der Waals surface area contributed by atoms with Gasteiger partial charge in [-0.05, 0) is 39.3 Å². The number of ether oxygens (including phenoxy) is 1. The van der Waals surface area contributed by atoms with E-state index in [4.69, 9.17) is 10.3 Å². The summed E-state index contributed by atoms with van der Waals surface area (Å²) in [5.41, 5.74) is 6.54. The molecule has 0 aromatic rings. The summed E-state index contributed by atoms with van der Waals surface area (Å²) in [7, 11) is 1.56. The third-order valence-electron chi connectivity index (χ3n) is 2.82. The highest BCUT2D eigenvalue weighted by Gasteiger charge is 2.38. The number of hydrogen-bond donors (Lipinski definition) is 2. The van der Waals surface area contributed by atoms with Crippen LogP contribution in [-0.2, 0) is 9.53 Å². The van der Waals surface area contributed by atoms with Crippen molar-refractivity contribution in [3.8, 4) is 0 Å². The number of aliphatic carboxylic acids is 1. The fourth-order valence-electron chi connectivity index (χ4n) is 1.70. The molecule has 1 atom stereocenters. The van der Waals surface area contributed by atoms with Gasteiger partial charge in [0.15, 0.2) is 0 Å². The second-order valence-electron chi connectivity index (χ2n) is 5.01. The molecule has 0 spiro atoms. The SMILES string of the molecule is COC(C)(C)CC(C)(NCCCN=[N+]=[N-])C(=O)O. The van der Waals surface area contributed by atoms with Gasteiger partial charge in [-0.1, -0.05) is 5.11 Å². The molecule has 0 bridgehead atoms. The van der Waals surface area contributed by atoms with Gasteiger partial charge in [0.05, 0.1) is 5.60 Å². The molecule has 0 aromatic carbocycles. The Labute approximate surface area is 107 Å². The summed E-state index contributed by atoms with van der Waals surface area (Å²) in [5, 5.41) is 15.7. The maximum Gasteiger partial charge on any atom is 0.323 e. The molecule has 0 aromatic heterocycles. The molecule has 0 radical (unpaired) electrons. The highest BCUT2D eigenvalue weighted by atomic mass is 16.5. The first-order valence-electron chi connectivity index (χ1n) is 5.82. The molecular formula is C11H22N4O3. The third-order valence-corrected chi connectivity index (χ3v) is 2.82. The van der Waals surface area contributed by atoms with Crippen LogP contribution in [0, 0.1) is 0 Å². The van der Waals surface area contributed by atoms with Crippen LogP contribution in [0.25, 0.3) is 10.4 Å². The second kappa shape index (κ2) is 7.20. The van der Waals surface area contributed by atoms with Gasteiger partial charge in [0.25, 0.3) is 0 Å². The van der Waals surface area contributed by atoms with Crippen molar-refractivity contribution in [3.63, 3.8) is 0 Å². The average molecular weight is 258 g/mol. The van der Waals surface area contributed by atoms with Gasteiger partial charge in [0, 0.05) is 25.0 Å². The zero-order chi connectivity index (χ0) is 14.2. The Kier molecular flexibility index (Phi) is 6.68. The lowest BCUT2D eigenvalue weighted by Gasteiger charge is -2.34. The van der Waals surface area contributed by atoms with Gasteiger partial charge < -0.3 is 15.2 Å². The summed E-state index contributed by atoms with van der Waals surface area (Å²) in [6, 6.07) is 0. The van der Waals surface area contributed by atoms with Crippen molar-refractivity contribution in [2.45, 2.75) is 44.8 Å². The van der Waals surface area contributed by atoms with Crippen LogP contribution in [0.15, 0.2) is 5.11 Å². The van der Waals surface area contributed by atoms with Gasteiger partial charge in [-0.2, -0.15) is 0 Å². The summed E-state index contributed by atoms with van der Waals surface area (Å²) in [5.74, 6) is -0.920. The van der Waals surface area contributed by atoms with E-state index < -0.39 is 17.1 Å². The third kappa shape index (κ3) is 5.86. The Morgan fingerprint density at radius 1 is 1.50 bits per heavy atom. The molecule has 0 aliphatic heterocycles. The number of carbonyl (C=O) groups is 1. The number of azide groups is 1. The van der Waals surface area contributed by atoms with E-state index in [1.807, 2.05) is 13.8 Å². The summed E-state index contributed by atoms with van der Waals surface area (Å²) < 4.78 is 5.26. The van der Waals surface area contributed by atoms with Crippen LogP contribution in [0.3, 0.4) is 0 Å². The molecule has 104 valence electrons. The molecule has 18 heavy (non-hydrogen) atoms. The first kappa shape index (κ1) is 16.7. The number of carboxylic acid groups (broad SMARTS) is 1. The molecule has 1 unspecified atom stereocenters. The van der Waals surface area contributed by atoms with Gasteiger partial charge in [-0.25, -0.2) is 0 Å². The lowest BCUT2D eigenvalue weighted by atomic mass is 9.87. The van der Waals surface area contributed by atoms with E-state index in [0.717, 1.165) is 0 Å². The molecule has 0 saturated carbocycles. The standard InChI is InChI=1S/C11H22N4O3/c1-10(2,18-4)8-11(3,9(16)17)13-6-5-7-14-15-12/h13H,5-8H2,1-4H3,(H,16,17). The number of carboxylic acids is 1. The molecule has 0 amide bonds. The fraction of sp³-hybridized carbons (Fsp3) is 0.909. The zero-order valence-corrected chi connectivity index (χ0v) is 11.4. The van der Waals surface area contributed by atoms with Gasteiger partial charge in [-0.15, -0.1) is 0 Å². The predicted molar refractivity (Wildman–Crippen MR) is 68.4 cm³/mol. The molecule has 0 fully saturated rings. The molecule has 0 aliphatic rings. The molecular weight excluding hydrogens is 236 g/mol. The Hall–Kier alpha value is -1.30. The minimum Gasteiger partial charge on any atom is -0.480 e. The fourth-order valence-corrected chi connectivity index (χ4v) is 1.70. The number of nitrogens with zero attached hydrogens (tertiary/aromatic N) is 3. The number of hydrogen-bond acceptors (Lipinski definition) is 4. The largest absolute Gasteiger partial charge is 0.480 e. The second-order valence-corrected chi connectivity index (χ2v) is 5.01. The normalized spacial score (nSPS) is 14.7. The first-order valence-corrected chi connectivity index (χ1v) is 5.82. The molecule has 0 heterocycles. The quantitative estimate of drug-likeness (QED) is 0.285. The van der Waals surface area contributed by atoms with E-state index in [-0.39, 0.29) is 0 Å². The van der Waals surface area contributed by atoms with Crippen molar-refractivity contribution >= 4 is 5.97 Å². The van der Waals surface area contributed by atoms with E-state index >= 15 is 0 Å². The maximum atomic E-state index is 11.3. The van der Waals surface area contributed by atoms with E-state index in [1.165, 1.54) is 0 Å². The maximum absolute atomic E-state index is 11.3. The summed E-state index contributed by atoms with van der Waals surface area (Å²) >= 11 is 0. The Morgan fingerprint density at radius 3 is 2.56 bits per heavy atom. The predicted octanol–water partition coefficient (Wildman–Crippen LogP) is 1.93. The van der Waals surface area contributed by atoms with Crippen LogP contribution >= 0.6 is 0 Å². The number of methoxy groups -OCH3 is 1. The van der Waals surface area contributed by atoms with Gasteiger partial charge in [0.1, 0.15) is 5.54 Å². The van der Waals surface area contributed by atoms with Gasteiger partial charge in [-0.3, -0.25) is 4.79 Å². The van der Waals surface area contributed by atoms with E-state index in [1.54, 1.807) is 14.0 Å². The molecule has 0 saturated heterocycles. The van der Waals surface area contributed by atoms with Crippen LogP contribution < -0.4 is 5.32 Å². The average Bonchev–Trinajstić information content (AvgIpc) is 2.28. The monoisotopic (exact) mass is 258 g/mol. The van der Waals surface area contributed by atoms with Crippen LogP contribution in [0.4, 0.5) is 0 Å². The topological polar surface area (TPSA) is 107 Å². The zero-order valence-electron chi connectivity index (χ0n) is 11.4. The summed E-state index contributed by atoms with van der Waals surface area (Å²) in [6.07, 6.45) is 0.938. The summed E-state index contributed by atoms with van der Waals surface area (Å²) in [4.78, 5) is 14.0. The van der Waals surface area contributed by atoms with Crippen LogP contribution in [-0.4, -0.2) is 42.4 Å². The molecule has 7 heteroatoms. The highest BCUT2D eigenvalue weighted by molar-refractivity contribution is 5.78. The van der Waals surface area contributed by atoms with Gasteiger partial charge in [0.2, 0.25) is 0 Å². The Balaban J connectivity index is 4.44. The number of rotatable bonds is 9. The minimum absolute atomic E-state index is 0.341. The summed E-state index contributed by atoms with van der Waals surface area (Å²) in [6.45, 7) is 6.14. The molecule has 2 N–H and O–H groups in total.